The van der Waals surface area contributed by atoms with E-state index >= 15 is 0 Å². The van der Waals surface area contributed by atoms with Crippen LogP contribution in [0.3, 0.4) is 0 Å². The van der Waals surface area contributed by atoms with E-state index in [0.717, 1.165) is 41.7 Å². The van der Waals surface area contributed by atoms with Crippen LogP contribution in [-0.2, 0) is 11.2 Å². The van der Waals surface area contributed by atoms with E-state index in [4.69, 9.17) is 15.0 Å². The lowest BCUT2D eigenvalue weighted by Gasteiger charge is -2.33. The number of esters is 1. The van der Waals surface area contributed by atoms with Crippen molar-refractivity contribution in [2.45, 2.75) is 58.5 Å². The molecule has 1 aromatic carbocycles. The number of methoxy groups -OCH3 is 1. The molecule has 3 aromatic rings. The number of fused-ring (bicyclic) bond motifs is 2. The molecule has 35 heavy (non-hydrogen) atoms. The van der Waals surface area contributed by atoms with Gasteiger partial charge in [0.05, 0.1) is 30.7 Å². The highest BCUT2D eigenvalue weighted by Crippen LogP contribution is 2.50. The Morgan fingerprint density at radius 1 is 1.34 bits per heavy atom. The van der Waals surface area contributed by atoms with Crippen molar-refractivity contribution in [1.29, 1.82) is 0 Å². The second-order valence-corrected chi connectivity index (χ2v) is 11.2. The summed E-state index contributed by atoms with van der Waals surface area (Å²) in [5, 5.41) is 4.53. The molecule has 182 valence electrons. The van der Waals surface area contributed by atoms with Gasteiger partial charge in [0.15, 0.2) is 5.75 Å². The summed E-state index contributed by atoms with van der Waals surface area (Å²) in [5.41, 5.74) is 11.5. The lowest BCUT2D eigenvalue weighted by Crippen LogP contribution is -2.23. The minimum absolute atomic E-state index is 0.0391. The lowest BCUT2D eigenvalue weighted by atomic mass is 9.75. The summed E-state index contributed by atoms with van der Waals surface area (Å²) in [6.07, 6.45) is 5.29. The van der Waals surface area contributed by atoms with E-state index in [9.17, 15) is 9.59 Å². The Labute approximate surface area is 207 Å². The fraction of sp³-hybridized carbons (Fsp3) is 0.462. The number of aromatic nitrogens is 1. The molecule has 2 aliphatic carbocycles. The zero-order chi connectivity index (χ0) is 24.9. The molecule has 2 aromatic heterocycles. The standard InChI is InChI=1S/C26H28N4O4S/c1-5-34-25(32)18-13-30(14-6-7-14)22-16(23(18)31)9-8-15(24(22)33-4)20-10-17-19(28-29-27)11-26(2,3)12-21(17)35-20/h8-10,13-14,19H,5-7,11-12H2,1-4H3. The van der Waals surface area contributed by atoms with Gasteiger partial charge < -0.3 is 14.0 Å². The Bertz CT molecular complexity index is 1440. The average Bonchev–Trinajstić information content (AvgIpc) is 3.57. The van der Waals surface area contributed by atoms with Gasteiger partial charge in [-0.3, -0.25) is 4.79 Å². The fourth-order valence-corrected chi connectivity index (χ4v) is 6.61. The van der Waals surface area contributed by atoms with E-state index in [0.29, 0.717) is 16.7 Å². The molecule has 2 heterocycles. The lowest BCUT2D eigenvalue weighted by molar-refractivity contribution is 0.0524. The molecule has 0 spiro atoms. The van der Waals surface area contributed by atoms with Crippen LogP contribution in [0.4, 0.5) is 0 Å². The molecule has 1 atom stereocenters. The number of thiophene rings is 1. The van der Waals surface area contributed by atoms with Crippen molar-refractivity contribution in [3.63, 3.8) is 0 Å². The van der Waals surface area contributed by atoms with Gasteiger partial charge in [-0.25, -0.2) is 4.79 Å². The molecule has 0 bridgehead atoms. The fourth-order valence-electron chi connectivity index (χ4n) is 5.11. The van der Waals surface area contributed by atoms with Crippen LogP contribution in [0.15, 0.2) is 34.3 Å². The molecule has 0 N–H and O–H groups in total. The molecule has 0 amide bonds. The summed E-state index contributed by atoms with van der Waals surface area (Å²) < 4.78 is 13.1. The highest BCUT2D eigenvalue weighted by atomic mass is 32.1. The van der Waals surface area contributed by atoms with E-state index in [1.165, 1.54) is 4.88 Å². The summed E-state index contributed by atoms with van der Waals surface area (Å²) in [7, 11) is 1.61. The number of rotatable bonds is 6. The van der Waals surface area contributed by atoms with Crippen molar-refractivity contribution in [2.75, 3.05) is 13.7 Å². The van der Waals surface area contributed by atoms with Crippen molar-refractivity contribution in [3.05, 3.63) is 61.1 Å². The van der Waals surface area contributed by atoms with Gasteiger partial charge in [0.1, 0.15) is 5.56 Å². The van der Waals surface area contributed by atoms with Crippen molar-refractivity contribution in [2.24, 2.45) is 10.5 Å². The van der Waals surface area contributed by atoms with Gasteiger partial charge in [0.2, 0.25) is 5.43 Å². The number of hydrogen-bond acceptors (Lipinski definition) is 6. The van der Waals surface area contributed by atoms with Gasteiger partial charge in [-0.2, -0.15) is 0 Å². The van der Waals surface area contributed by atoms with E-state index in [1.807, 2.05) is 10.6 Å². The number of pyridine rings is 1. The first-order valence-electron chi connectivity index (χ1n) is 11.9. The Morgan fingerprint density at radius 2 is 2.11 bits per heavy atom. The minimum Gasteiger partial charge on any atom is -0.494 e. The predicted molar refractivity (Wildman–Crippen MR) is 136 cm³/mol. The minimum atomic E-state index is -0.602. The SMILES string of the molecule is CCOC(=O)c1cn(C2CC2)c2c(OC)c(-c3cc4c(s3)CC(C)(C)CC4N=[N+]=[N-])ccc2c1=O. The molecule has 1 fully saturated rings. The predicted octanol–water partition coefficient (Wildman–Crippen LogP) is 6.57. The summed E-state index contributed by atoms with van der Waals surface area (Å²) in [6, 6.07) is 5.78. The molecule has 9 heteroatoms. The Morgan fingerprint density at radius 3 is 2.77 bits per heavy atom. The quantitative estimate of drug-likeness (QED) is 0.168. The second kappa shape index (κ2) is 8.73. The monoisotopic (exact) mass is 492 g/mol. The zero-order valence-electron chi connectivity index (χ0n) is 20.3. The Hall–Kier alpha value is -3.29. The van der Waals surface area contributed by atoms with Crippen LogP contribution in [0, 0.1) is 5.41 Å². The number of carbonyl (C=O) groups excluding carboxylic acids is 1. The largest absolute Gasteiger partial charge is 0.494 e. The maximum absolute atomic E-state index is 13.3. The molecule has 0 radical (unpaired) electrons. The number of azide groups is 1. The van der Waals surface area contributed by atoms with Gasteiger partial charge in [-0.1, -0.05) is 19.0 Å². The summed E-state index contributed by atoms with van der Waals surface area (Å²) in [4.78, 5) is 31.1. The Balaban J connectivity index is 1.72. The van der Waals surface area contributed by atoms with E-state index in [1.54, 1.807) is 37.6 Å². The van der Waals surface area contributed by atoms with E-state index in [-0.39, 0.29) is 35.1 Å². The van der Waals surface area contributed by atoms with Crippen LogP contribution in [0.2, 0.25) is 0 Å². The van der Waals surface area contributed by atoms with Crippen molar-refractivity contribution >= 4 is 28.2 Å². The molecule has 1 unspecified atom stereocenters. The van der Waals surface area contributed by atoms with Gasteiger partial charge in [-0.05, 0) is 67.3 Å². The van der Waals surface area contributed by atoms with Crippen LogP contribution >= 0.6 is 11.3 Å². The van der Waals surface area contributed by atoms with E-state index < -0.39 is 5.97 Å². The zero-order valence-corrected chi connectivity index (χ0v) is 21.1. The maximum Gasteiger partial charge on any atom is 0.343 e. The van der Waals surface area contributed by atoms with E-state index in [2.05, 4.69) is 29.9 Å². The molecular formula is C26H28N4O4S. The summed E-state index contributed by atoms with van der Waals surface area (Å²) in [6.45, 7) is 6.32. The Kier molecular flexibility index (Phi) is 5.85. The van der Waals surface area contributed by atoms with Gasteiger partial charge in [0, 0.05) is 32.5 Å². The van der Waals surface area contributed by atoms with Crippen LogP contribution in [0.1, 0.15) is 72.9 Å². The van der Waals surface area contributed by atoms with Gasteiger partial charge in [-0.15, -0.1) is 11.3 Å². The number of ether oxygens (including phenoxy) is 2. The van der Waals surface area contributed by atoms with Gasteiger partial charge >= 0.3 is 5.97 Å². The first-order chi connectivity index (χ1) is 16.8. The first kappa shape index (κ1) is 23.5. The molecular weight excluding hydrogens is 464 g/mol. The van der Waals surface area contributed by atoms with Crippen molar-refractivity contribution in [3.8, 4) is 16.2 Å². The average molecular weight is 493 g/mol. The number of nitrogens with zero attached hydrogens (tertiary/aromatic N) is 4. The number of benzene rings is 1. The molecule has 0 aliphatic heterocycles. The molecule has 8 nitrogen and oxygen atoms in total. The van der Waals surface area contributed by atoms with Crippen LogP contribution < -0.4 is 10.2 Å². The molecule has 1 saturated carbocycles. The topological polar surface area (TPSA) is 106 Å². The third-order valence-electron chi connectivity index (χ3n) is 6.83. The summed E-state index contributed by atoms with van der Waals surface area (Å²) in [5.74, 6) is 0.00887. The highest BCUT2D eigenvalue weighted by Gasteiger charge is 2.34. The number of hydrogen-bond donors (Lipinski definition) is 0. The van der Waals surface area contributed by atoms with Crippen molar-refractivity contribution in [1.82, 2.24) is 4.57 Å². The molecule has 5 rings (SSSR count). The van der Waals surface area contributed by atoms with Crippen LogP contribution in [0.25, 0.3) is 31.8 Å². The smallest absolute Gasteiger partial charge is 0.343 e. The maximum atomic E-state index is 13.3. The number of carbonyl (C=O) groups is 1. The normalized spacial score (nSPS) is 18.6. The second-order valence-electron chi connectivity index (χ2n) is 10.0. The summed E-state index contributed by atoms with van der Waals surface area (Å²) >= 11 is 1.68. The third kappa shape index (κ3) is 4.09. The van der Waals surface area contributed by atoms with Crippen LogP contribution in [-0.4, -0.2) is 24.3 Å². The highest BCUT2D eigenvalue weighted by molar-refractivity contribution is 7.15. The van der Waals surface area contributed by atoms with Crippen LogP contribution in [0.5, 0.6) is 5.75 Å². The van der Waals surface area contributed by atoms with Gasteiger partial charge in [0.25, 0.3) is 0 Å². The molecule has 2 aliphatic rings. The molecule has 0 saturated heterocycles. The van der Waals surface area contributed by atoms with Crippen molar-refractivity contribution < 1.29 is 14.3 Å². The third-order valence-corrected chi connectivity index (χ3v) is 8.01. The first-order valence-corrected chi connectivity index (χ1v) is 12.7.